The maximum Gasteiger partial charge on any atom is 0.231 e. The molecule has 0 radical (unpaired) electrons. The number of likely N-dealkylation sites (tertiary alicyclic amines) is 1. The molecule has 0 spiro atoms. The summed E-state index contributed by atoms with van der Waals surface area (Å²) in [6.07, 6.45) is 2.72. The van der Waals surface area contributed by atoms with Crippen LogP contribution in [-0.2, 0) is 16.0 Å². The number of thiophene rings is 1. The molecule has 2 aromatic rings. The molecule has 6 nitrogen and oxygen atoms in total. The van der Waals surface area contributed by atoms with Gasteiger partial charge >= 0.3 is 0 Å². The van der Waals surface area contributed by atoms with Crippen molar-refractivity contribution in [3.8, 4) is 11.5 Å². The average molecular weight is 386 g/mol. The lowest BCUT2D eigenvalue weighted by atomic mass is 9.95. The highest BCUT2D eigenvalue weighted by atomic mass is 32.1. The van der Waals surface area contributed by atoms with Crippen LogP contribution < -0.4 is 14.8 Å². The van der Waals surface area contributed by atoms with E-state index in [1.165, 1.54) is 4.88 Å². The van der Waals surface area contributed by atoms with Gasteiger partial charge in [0, 0.05) is 42.1 Å². The van der Waals surface area contributed by atoms with Crippen molar-refractivity contribution in [3.63, 3.8) is 0 Å². The number of carbonyl (C=O) groups is 2. The summed E-state index contributed by atoms with van der Waals surface area (Å²) >= 11 is 1.68. The average Bonchev–Trinajstić information content (AvgIpc) is 3.37. The topological polar surface area (TPSA) is 67.9 Å². The number of carbonyl (C=O) groups excluding carboxylic acids is 2. The Bertz CT molecular complexity index is 813. The van der Waals surface area contributed by atoms with Crippen molar-refractivity contribution in [2.45, 2.75) is 25.7 Å². The minimum Gasteiger partial charge on any atom is -0.454 e. The minimum atomic E-state index is -0.0724. The molecule has 3 heterocycles. The number of anilines is 1. The van der Waals surface area contributed by atoms with Crippen LogP contribution in [0.25, 0.3) is 0 Å². The molecule has 0 saturated carbocycles. The van der Waals surface area contributed by atoms with Crippen LogP contribution in [0.4, 0.5) is 5.69 Å². The van der Waals surface area contributed by atoms with Crippen molar-refractivity contribution in [1.82, 2.24) is 4.90 Å². The fourth-order valence-electron chi connectivity index (χ4n) is 3.45. The summed E-state index contributed by atoms with van der Waals surface area (Å²) in [5.41, 5.74) is 0.707. The summed E-state index contributed by atoms with van der Waals surface area (Å²) in [6.45, 7) is 1.50. The number of piperidine rings is 1. The number of nitrogens with zero attached hydrogens (tertiary/aromatic N) is 1. The third kappa shape index (κ3) is 4.24. The van der Waals surface area contributed by atoms with Gasteiger partial charge in [0.1, 0.15) is 0 Å². The zero-order valence-corrected chi connectivity index (χ0v) is 15.8. The lowest BCUT2D eigenvalue weighted by Gasteiger charge is -2.31. The van der Waals surface area contributed by atoms with Gasteiger partial charge in [-0.05, 0) is 42.8 Å². The molecular weight excluding hydrogens is 364 g/mol. The fourth-order valence-corrected chi connectivity index (χ4v) is 4.16. The van der Waals surface area contributed by atoms with Gasteiger partial charge < -0.3 is 19.7 Å². The van der Waals surface area contributed by atoms with Gasteiger partial charge in [-0.15, -0.1) is 11.3 Å². The molecule has 0 bridgehead atoms. The molecule has 7 heteroatoms. The first-order chi connectivity index (χ1) is 13.2. The second-order valence-electron chi connectivity index (χ2n) is 6.79. The zero-order valence-electron chi connectivity index (χ0n) is 15.0. The van der Waals surface area contributed by atoms with Gasteiger partial charge in [-0.25, -0.2) is 0 Å². The van der Waals surface area contributed by atoms with Crippen molar-refractivity contribution in [2.24, 2.45) is 5.92 Å². The van der Waals surface area contributed by atoms with Gasteiger partial charge in [0.15, 0.2) is 11.5 Å². The zero-order chi connectivity index (χ0) is 18.6. The molecule has 27 heavy (non-hydrogen) atoms. The van der Waals surface area contributed by atoms with Crippen LogP contribution in [0, 0.1) is 5.92 Å². The second kappa shape index (κ2) is 8.00. The highest BCUT2D eigenvalue weighted by Crippen LogP contribution is 2.34. The highest BCUT2D eigenvalue weighted by molar-refractivity contribution is 7.09. The summed E-state index contributed by atoms with van der Waals surface area (Å²) in [5, 5.41) is 4.98. The lowest BCUT2D eigenvalue weighted by Crippen LogP contribution is -2.41. The standard InChI is InChI=1S/C20H22N2O4S/c23-19(6-4-16-2-1-11-27-16)22-9-7-14(8-10-22)20(24)21-15-3-5-17-18(12-15)26-13-25-17/h1-3,5,11-12,14H,4,6-10,13H2,(H,21,24). The summed E-state index contributed by atoms with van der Waals surface area (Å²) in [6, 6.07) is 9.46. The predicted octanol–water partition coefficient (Wildman–Crippen LogP) is 3.29. The Morgan fingerprint density at radius 1 is 1.15 bits per heavy atom. The van der Waals surface area contributed by atoms with Crippen LogP contribution >= 0.6 is 11.3 Å². The number of benzene rings is 1. The quantitative estimate of drug-likeness (QED) is 0.856. The van der Waals surface area contributed by atoms with Crippen molar-refractivity contribution >= 4 is 28.8 Å². The molecule has 4 rings (SSSR count). The molecule has 2 amide bonds. The summed E-state index contributed by atoms with van der Waals surface area (Å²) in [7, 11) is 0. The number of hydrogen-bond acceptors (Lipinski definition) is 5. The van der Waals surface area contributed by atoms with Gasteiger partial charge in [0.2, 0.25) is 18.6 Å². The Morgan fingerprint density at radius 2 is 1.96 bits per heavy atom. The molecular formula is C20H22N2O4S. The van der Waals surface area contributed by atoms with Gasteiger partial charge in [0.05, 0.1) is 0 Å². The number of ether oxygens (including phenoxy) is 2. The molecule has 1 N–H and O–H groups in total. The first-order valence-electron chi connectivity index (χ1n) is 9.20. The maximum absolute atomic E-state index is 12.5. The second-order valence-corrected chi connectivity index (χ2v) is 7.82. The molecule has 0 atom stereocenters. The van der Waals surface area contributed by atoms with Crippen LogP contribution in [0.3, 0.4) is 0 Å². The first kappa shape index (κ1) is 17.9. The molecule has 1 fully saturated rings. The van der Waals surface area contributed by atoms with E-state index in [1.54, 1.807) is 23.5 Å². The number of fused-ring (bicyclic) bond motifs is 1. The maximum atomic E-state index is 12.5. The van der Waals surface area contributed by atoms with Crippen LogP contribution in [0.5, 0.6) is 11.5 Å². The molecule has 2 aliphatic rings. The largest absolute Gasteiger partial charge is 0.454 e. The van der Waals surface area contributed by atoms with Crippen LogP contribution in [0.15, 0.2) is 35.7 Å². The van der Waals surface area contributed by atoms with E-state index in [9.17, 15) is 9.59 Å². The minimum absolute atomic E-state index is 0.000417. The van der Waals surface area contributed by atoms with Crippen molar-refractivity contribution in [2.75, 3.05) is 25.2 Å². The van der Waals surface area contributed by atoms with Crippen molar-refractivity contribution in [3.05, 3.63) is 40.6 Å². The Labute approximate surface area is 162 Å². The van der Waals surface area contributed by atoms with E-state index in [-0.39, 0.29) is 24.5 Å². The van der Waals surface area contributed by atoms with E-state index >= 15 is 0 Å². The predicted molar refractivity (Wildman–Crippen MR) is 103 cm³/mol. The Hall–Kier alpha value is -2.54. The van der Waals surface area contributed by atoms with E-state index in [1.807, 2.05) is 22.4 Å². The fraction of sp³-hybridized carbons (Fsp3) is 0.400. The molecule has 0 aliphatic carbocycles. The molecule has 0 unspecified atom stereocenters. The van der Waals surface area contributed by atoms with Gasteiger partial charge in [-0.3, -0.25) is 9.59 Å². The van der Waals surface area contributed by atoms with Crippen molar-refractivity contribution in [1.29, 1.82) is 0 Å². The third-order valence-corrected chi connectivity index (χ3v) is 5.96. The molecule has 2 aliphatic heterocycles. The SMILES string of the molecule is O=C(Nc1ccc2c(c1)OCO2)C1CCN(C(=O)CCc2cccs2)CC1. The Morgan fingerprint density at radius 3 is 2.74 bits per heavy atom. The first-order valence-corrected chi connectivity index (χ1v) is 10.1. The lowest BCUT2D eigenvalue weighted by molar-refractivity contribution is -0.134. The van der Waals surface area contributed by atoms with Gasteiger partial charge in [-0.2, -0.15) is 0 Å². The monoisotopic (exact) mass is 386 g/mol. The molecule has 1 aromatic heterocycles. The smallest absolute Gasteiger partial charge is 0.231 e. The third-order valence-electron chi connectivity index (χ3n) is 5.02. The molecule has 1 aromatic carbocycles. The summed E-state index contributed by atoms with van der Waals surface area (Å²) in [4.78, 5) is 28.0. The number of amides is 2. The van der Waals surface area contributed by atoms with Crippen molar-refractivity contribution < 1.29 is 19.1 Å². The Balaban J connectivity index is 1.24. The van der Waals surface area contributed by atoms with Gasteiger partial charge in [0.25, 0.3) is 0 Å². The van der Waals surface area contributed by atoms with Gasteiger partial charge in [-0.1, -0.05) is 6.07 Å². The Kier molecular flexibility index (Phi) is 5.29. The number of nitrogens with one attached hydrogen (secondary N) is 1. The van der Waals surface area contributed by atoms with Crippen LogP contribution in [0.2, 0.25) is 0 Å². The summed E-state index contributed by atoms with van der Waals surface area (Å²) in [5.74, 6) is 1.45. The van der Waals surface area contributed by atoms with Crippen LogP contribution in [0.1, 0.15) is 24.1 Å². The van der Waals surface area contributed by atoms with E-state index in [4.69, 9.17) is 9.47 Å². The number of aryl methyl sites for hydroxylation is 1. The normalized spacial score (nSPS) is 16.4. The number of hydrogen-bond donors (Lipinski definition) is 1. The summed E-state index contributed by atoms with van der Waals surface area (Å²) < 4.78 is 10.6. The van der Waals surface area contributed by atoms with E-state index in [0.29, 0.717) is 49.5 Å². The van der Waals surface area contributed by atoms with Crippen LogP contribution in [-0.4, -0.2) is 36.6 Å². The number of rotatable bonds is 5. The van der Waals surface area contributed by atoms with E-state index in [0.717, 1.165) is 6.42 Å². The molecule has 142 valence electrons. The van der Waals surface area contributed by atoms with E-state index < -0.39 is 0 Å². The van der Waals surface area contributed by atoms with E-state index in [2.05, 4.69) is 11.4 Å². The molecule has 1 saturated heterocycles. The highest BCUT2D eigenvalue weighted by Gasteiger charge is 2.27.